The van der Waals surface area contributed by atoms with Crippen molar-refractivity contribution >= 4 is 40.1 Å². The number of aryl methyl sites for hydroxylation is 1. The first-order valence-corrected chi connectivity index (χ1v) is 12.8. The summed E-state index contributed by atoms with van der Waals surface area (Å²) in [6.45, 7) is 1.90. The van der Waals surface area contributed by atoms with Crippen molar-refractivity contribution in [1.29, 1.82) is 0 Å². The van der Waals surface area contributed by atoms with Gasteiger partial charge in [-0.1, -0.05) is 90.1 Å². The maximum atomic E-state index is 13.4. The lowest BCUT2D eigenvalue weighted by Gasteiger charge is -2.34. The van der Waals surface area contributed by atoms with Gasteiger partial charge in [-0.05, 0) is 30.7 Å². The minimum atomic E-state index is -0.641. The van der Waals surface area contributed by atoms with Crippen LogP contribution in [0.5, 0.6) is 0 Å². The third kappa shape index (κ3) is 3.98. The molecule has 36 heavy (non-hydrogen) atoms. The monoisotopic (exact) mass is 512 g/mol. The molecular weight excluding hydrogens is 492 g/mol. The summed E-state index contributed by atoms with van der Waals surface area (Å²) in [7, 11) is 0. The smallest absolute Gasteiger partial charge is 0.276 e. The van der Waals surface area contributed by atoms with Gasteiger partial charge in [0.1, 0.15) is 10.9 Å². The zero-order valence-corrected chi connectivity index (χ0v) is 20.9. The molecule has 1 amide bonds. The molecule has 0 fully saturated rings. The highest BCUT2D eigenvalue weighted by molar-refractivity contribution is 8.13. The lowest BCUT2D eigenvalue weighted by molar-refractivity contribution is -0.116. The molecule has 0 saturated heterocycles. The number of carbonyl (C=O) groups is 1. The van der Waals surface area contributed by atoms with E-state index in [-0.39, 0.29) is 5.91 Å². The molecule has 1 unspecified atom stereocenters. The summed E-state index contributed by atoms with van der Waals surface area (Å²) >= 11 is 8.39. The fraction of sp³-hybridized carbons (Fsp3) is 0.111. The molecule has 178 valence electrons. The molecule has 0 spiro atoms. The number of thioether (sulfide) groups is 1. The van der Waals surface area contributed by atoms with E-state index in [0.29, 0.717) is 32.7 Å². The van der Waals surface area contributed by atoms with Crippen LogP contribution in [-0.4, -0.2) is 25.9 Å². The van der Waals surface area contributed by atoms with Crippen LogP contribution in [0, 0.1) is 6.92 Å². The summed E-state index contributed by atoms with van der Waals surface area (Å²) in [5.74, 6) is 0.449. The first-order chi connectivity index (χ1) is 17.6. The Bertz CT molecular complexity index is 1620. The second-order valence-corrected chi connectivity index (χ2v) is 9.71. The van der Waals surface area contributed by atoms with Gasteiger partial charge in [-0.25, -0.2) is 9.69 Å². The van der Waals surface area contributed by atoms with Crippen LogP contribution in [-0.2, 0) is 10.5 Å². The predicted octanol–water partition coefficient (Wildman–Crippen LogP) is 3.91. The van der Waals surface area contributed by atoms with Crippen LogP contribution < -0.4 is 15.9 Å². The molecule has 7 nitrogen and oxygen atoms in total. The Kier molecular flexibility index (Phi) is 5.83. The summed E-state index contributed by atoms with van der Waals surface area (Å²) < 4.78 is 1.70. The Labute approximate surface area is 216 Å². The zero-order chi connectivity index (χ0) is 24.6. The number of fused-ring (bicyclic) bond motifs is 2. The van der Waals surface area contributed by atoms with Crippen molar-refractivity contribution in [2.45, 2.75) is 18.8 Å². The molecule has 1 N–H and O–H groups in total. The van der Waals surface area contributed by atoms with Crippen LogP contribution in [0.3, 0.4) is 0 Å². The number of carbonyl (C=O) groups excluding carboxylic acids is 1. The van der Waals surface area contributed by atoms with Gasteiger partial charge < -0.3 is 0 Å². The van der Waals surface area contributed by atoms with Crippen molar-refractivity contribution < 1.29 is 4.79 Å². The molecule has 1 atom stereocenters. The van der Waals surface area contributed by atoms with Crippen molar-refractivity contribution in [2.24, 2.45) is 10.1 Å². The van der Waals surface area contributed by atoms with Gasteiger partial charge in [0.2, 0.25) is 0 Å². The standard InChI is InChI=1S/C27H21ClN6OS/c1-17-22(24(28)33(31-17)19-12-6-3-7-13-19)25-29-21-15-9-8-14-20(21)23-26(35)30-27(32-34(23)25)36-16-18-10-4-2-5-11-18/h2-15,25H,16H2,1H3,(H,30,32,35). The minimum absolute atomic E-state index is 0.225. The van der Waals surface area contributed by atoms with E-state index in [0.717, 1.165) is 22.2 Å². The summed E-state index contributed by atoms with van der Waals surface area (Å²) in [6, 6.07) is 27.3. The van der Waals surface area contributed by atoms with E-state index in [4.69, 9.17) is 26.8 Å². The number of amides is 1. The maximum absolute atomic E-state index is 13.4. The van der Waals surface area contributed by atoms with E-state index in [9.17, 15) is 4.79 Å². The molecule has 0 aliphatic carbocycles. The lowest BCUT2D eigenvalue weighted by Crippen LogP contribution is -2.50. The molecule has 4 aromatic rings. The molecule has 0 bridgehead atoms. The number of para-hydroxylation sites is 2. The van der Waals surface area contributed by atoms with E-state index in [2.05, 4.69) is 5.32 Å². The van der Waals surface area contributed by atoms with Gasteiger partial charge in [-0.3, -0.25) is 15.1 Å². The quantitative estimate of drug-likeness (QED) is 0.450. The van der Waals surface area contributed by atoms with E-state index in [1.165, 1.54) is 11.8 Å². The van der Waals surface area contributed by atoms with Gasteiger partial charge in [0, 0.05) is 11.0 Å². The molecule has 2 aliphatic heterocycles. The van der Waals surface area contributed by atoms with E-state index >= 15 is 0 Å². The highest BCUT2D eigenvalue weighted by Gasteiger charge is 2.37. The third-order valence-electron chi connectivity index (χ3n) is 6.04. The second kappa shape index (κ2) is 9.29. The Balaban J connectivity index is 1.46. The van der Waals surface area contributed by atoms with Gasteiger partial charge in [0.05, 0.1) is 22.3 Å². The number of aromatic nitrogens is 2. The fourth-order valence-electron chi connectivity index (χ4n) is 4.35. The Morgan fingerprint density at radius 2 is 1.67 bits per heavy atom. The molecule has 3 aromatic carbocycles. The van der Waals surface area contributed by atoms with Crippen LogP contribution in [0.2, 0.25) is 5.15 Å². The Hall–Kier alpha value is -3.88. The van der Waals surface area contributed by atoms with Gasteiger partial charge in [0.25, 0.3) is 5.91 Å². The average molecular weight is 513 g/mol. The van der Waals surface area contributed by atoms with Crippen molar-refractivity contribution in [3.63, 3.8) is 0 Å². The number of amidine groups is 1. The summed E-state index contributed by atoms with van der Waals surface area (Å²) in [4.78, 5) is 18.4. The maximum Gasteiger partial charge on any atom is 0.276 e. The third-order valence-corrected chi connectivity index (χ3v) is 7.34. The van der Waals surface area contributed by atoms with Gasteiger partial charge in [-0.2, -0.15) is 5.10 Å². The molecule has 3 heterocycles. The van der Waals surface area contributed by atoms with Gasteiger partial charge in [0.15, 0.2) is 11.3 Å². The number of hydrogen-bond donors (Lipinski definition) is 1. The Morgan fingerprint density at radius 3 is 2.44 bits per heavy atom. The number of nitrogens with zero attached hydrogens (tertiary/aromatic N) is 5. The van der Waals surface area contributed by atoms with Gasteiger partial charge >= 0.3 is 0 Å². The number of rotatable bonds is 4. The van der Waals surface area contributed by atoms with Crippen molar-refractivity contribution in [2.75, 3.05) is 0 Å². The molecule has 6 rings (SSSR count). The largest absolute Gasteiger partial charge is 0.298 e. The number of benzene rings is 3. The topological polar surface area (TPSA) is 74.9 Å². The molecule has 9 heteroatoms. The second-order valence-electron chi connectivity index (χ2n) is 8.38. The molecule has 1 aromatic heterocycles. The summed E-state index contributed by atoms with van der Waals surface area (Å²) in [5, 5.41) is 16.6. The van der Waals surface area contributed by atoms with Crippen molar-refractivity contribution in [3.05, 3.63) is 117 Å². The molecule has 0 saturated carbocycles. The van der Waals surface area contributed by atoms with E-state index in [1.54, 1.807) is 9.69 Å². The van der Waals surface area contributed by atoms with Crippen LogP contribution in [0.4, 0.5) is 0 Å². The predicted molar refractivity (Wildman–Crippen MR) is 142 cm³/mol. The van der Waals surface area contributed by atoms with Crippen molar-refractivity contribution in [3.8, 4) is 5.69 Å². The van der Waals surface area contributed by atoms with Crippen LogP contribution in [0.25, 0.3) is 11.4 Å². The van der Waals surface area contributed by atoms with Crippen LogP contribution in [0.15, 0.2) is 95.0 Å². The van der Waals surface area contributed by atoms with Gasteiger partial charge in [-0.15, -0.1) is 5.10 Å². The lowest BCUT2D eigenvalue weighted by atomic mass is 10.1. The first kappa shape index (κ1) is 22.6. The zero-order valence-electron chi connectivity index (χ0n) is 19.3. The number of hydrogen-bond acceptors (Lipinski definition) is 6. The molecular formula is C27H21ClN6OS. The number of hydrazone groups is 1. The first-order valence-electron chi connectivity index (χ1n) is 11.4. The van der Waals surface area contributed by atoms with Crippen LogP contribution in [0.1, 0.15) is 23.0 Å². The summed E-state index contributed by atoms with van der Waals surface area (Å²) in [5.41, 5.74) is 3.85. The fourth-order valence-corrected chi connectivity index (χ4v) is 5.53. The normalized spacial score (nSPS) is 16.6. The molecule has 2 aliphatic rings. The molecule has 0 radical (unpaired) electrons. The SMILES string of the molecule is Cc1nn(-c2ccccc2)c(Cl)c1C1N=c2ccccc2=C2C(=O)NC(SCc3ccccc3)=NN21. The highest BCUT2D eigenvalue weighted by Crippen LogP contribution is 2.37. The number of nitrogens with one attached hydrogen (secondary N) is 1. The van der Waals surface area contributed by atoms with Crippen molar-refractivity contribution in [1.82, 2.24) is 20.1 Å². The highest BCUT2D eigenvalue weighted by atomic mass is 35.5. The number of halogens is 1. The average Bonchev–Trinajstić information content (AvgIpc) is 3.21. The Morgan fingerprint density at radius 1 is 0.972 bits per heavy atom. The summed E-state index contributed by atoms with van der Waals surface area (Å²) in [6.07, 6.45) is -0.641. The van der Waals surface area contributed by atoms with E-state index in [1.807, 2.05) is 91.9 Å². The van der Waals surface area contributed by atoms with Crippen LogP contribution >= 0.6 is 23.4 Å². The van der Waals surface area contributed by atoms with E-state index < -0.39 is 6.17 Å². The minimum Gasteiger partial charge on any atom is -0.298 e.